The smallest absolute Gasteiger partial charge is 0.234 e. The summed E-state index contributed by atoms with van der Waals surface area (Å²) in [6.45, 7) is 2.60. The number of rotatable bonds is 6. The fourth-order valence-corrected chi connectivity index (χ4v) is 4.09. The van der Waals surface area contributed by atoms with Crippen LogP contribution in [0.1, 0.15) is 50.5 Å². The molecular weight excluding hydrogens is 312 g/mol. The molecule has 1 aromatic carbocycles. The summed E-state index contributed by atoms with van der Waals surface area (Å²) in [6, 6.07) is 10.5. The molecule has 3 rings (SSSR count). The van der Waals surface area contributed by atoms with E-state index in [1.165, 1.54) is 37.7 Å². The second-order valence-corrected chi connectivity index (χ2v) is 7.79. The number of nitrogens with zero attached hydrogens (tertiary/aromatic N) is 1. The first-order valence-corrected chi connectivity index (χ1v) is 9.94. The Morgan fingerprint density at radius 3 is 2.36 bits per heavy atom. The van der Waals surface area contributed by atoms with E-state index in [1.54, 1.807) is 0 Å². The van der Waals surface area contributed by atoms with Gasteiger partial charge in [-0.05, 0) is 56.7 Å². The van der Waals surface area contributed by atoms with Crippen LogP contribution in [0.2, 0.25) is 0 Å². The van der Waals surface area contributed by atoms with Crippen LogP contribution in [0.5, 0.6) is 0 Å². The number of carbonyl (C=O) groups is 1. The third-order valence-electron chi connectivity index (χ3n) is 5.68. The zero-order valence-corrected chi connectivity index (χ0v) is 15.2. The van der Waals surface area contributed by atoms with Crippen LogP contribution in [-0.2, 0) is 11.2 Å². The molecule has 0 bridgehead atoms. The maximum atomic E-state index is 12.6. The molecule has 1 aliphatic carbocycles. The lowest BCUT2D eigenvalue weighted by Crippen LogP contribution is -2.50. The van der Waals surface area contributed by atoms with Gasteiger partial charge in [-0.1, -0.05) is 49.6 Å². The lowest BCUT2D eigenvalue weighted by atomic mass is 9.75. The van der Waals surface area contributed by atoms with E-state index in [0.29, 0.717) is 12.5 Å². The molecule has 1 aromatic rings. The Bertz CT molecular complexity index is 520. The number of aliphatic hydroxyl groups excluding tert-OH is 1. The summed E-state index contributed by atoms with van der Waals surface area (Å²) in [4.78, 5) is 14.9. The van der Waals surface area contributed by atoms with Crippen LogP contribution in [0, 0.1) is 5.92 Å². The monoisotopic (exact) mass is 344 g/mol. The Kier molecular flexibility index (Phi) is 6.88. The van der Waals surface area contributed by atoms with Crippen molar-refractivity contribution in [2.75, 3.05) is 19.6 Å². The Morgan fingerprint density at radius 2 is 1.72 bits per heavy atom. The third-order valence-corrected chi connectivity index (χ3v) is 5.68. The van der Waals surface area contributed by atoms with Crippen molar-refractivity contribution in [1.29, 1.82) is 0 Å². The summed E-state index contributed by atoms with van der Waals surface area (Å²) in [5.41, 5.74) is 1.25. The van der Waals surface area contributed by atoms with Crippen molar-refractivity contribution >= 4 is 5.91 Å². The number of carbonyl (C=O) groups excluding carboxylic acids is 1. The van der Waals surface area contributed by atoms with Gasteiger partial charge < -0.3 is 10.4 Å². The molecule has 2 N–H and O–H groups in total. The van der Waals surface area contributed by atoms with Crippen molar-refractivity contribution < 1.29 is 9.90 Å². The van der Waals surface area contributed by atoms with Crippen molar-refractivity contribution in [3.05, 3.63) is 35.9 Å². The van der Waals surface area contributed by atoms with Crippen LogP contribution >= 0.6 is 0 Å². The molecule has 4 heteroatoms. The van der Waals surface area contributed by atoms with Crippen molar-refractivity contribution in [3.8, 4) is 0 Å². The predicted octanol–water partition coefficient (Wildman–Crippen LogP) is 2.75. The Balaban J connectivity index is 1.54. The summed E-state index contributed by atoms with van der Waals surface area (Å²) in [7, 11) is 0. The highest BCUT2D eigenvalue weighted by atomic mass is 16.3. The summed E-state index contributed by atoms with van der Waals surface area (Å²) in [5, 5.41) is 12.9. The third kappa shape index (κ3) is 5.82. The molecule has 138 valence electrons. The van der Waals surface area contributed by atoms with E-state index in [1.807, 2.05) is 18.2 Å². The maximum absolute atomic E-state index is 12.6. The van der Waals surface area contributed by atoms with Crippen molar-refractivity contribution in [2.24, 2.45) is 5.92 Å². The lowest BCUT2D eigenvalue weighted by molar-refractivity contribution is -0.124. The summed E-state index contributed by atoms with van der Waals surface area (Å²) < 4.78 is 0. The van der Waals surface area contributed by atoms with E-state index in [-0.39, 0.29) is 18.1 Å². The van der Waals surface area contributed by atoms with Gasteiger partial charge in [0, 0.05) is 6.04 Å². The number of aliphatic hydroxyl groups is 1. The van der Waals surface area contributed by atoms with E-state index in [2.05, 4.69) is 22.3 Å². The molecule has 1 aliphatic heterocycles. The lowest BCUT2D eigenvalue weighted by Gasteiger charge is -2.38. The fourth-order valence-electron chi connectivity index (χ4n) is 4.09. The van der Waals surface area contributed by atoms with Crippen molar-refractivity contribution in [2.45, 2.75) is 63.5 Å². The minimum atomic E-state index is -0.186. The Hall–Kier alpha value is -1.39. The highest BCUT2D eigenvalue weighted by molar-refractivity contribution is 5.78. The first kappa shape index (κ1) is 18.4. The molecule has 1 atom stereocenters. The van der Waals surface area contributed by atoms with Crippen LogP contribution in [0.3, 0.4) is 0 Å². The second kappa shape index (κ2) is 9.35. The zero-order chi connectivity index (χ0) is 17.5. The van der Waals surface area contributed by atoms with Gasteiger partial charge in [0.1, 0.15) is 0 Å². The zero-order valence-electron chi connectivity index (χ0n) is 15.2. The van der Waals surface area contributed by atoms with Crippen LogP contribution in [0.15, 0.2) is 30.3 Å². The molecule has 1 amide bonds. The SMILES string of the molecule is O=C(CN1CCCCCCC1)N[C@H](Cc1ccccc1)C1CC(O)C1. The van der Waals surface area contributed by atoms with Gasteiger partial charge in [-0.3, -0.25) is 9.69 Å². The molecule has 1 heterocycles. The normalized spacial score (nSPS) is 26.1. The number of amides is 1. The van der Waals surface area contributed by atoms with E-state index < -0.39 is 0 Å². The van der Waals surface area contributed by atoms with Crippen LogP contribution in [0.25, 0.3) is 0 Å². The largest absolute Gasteiger partial charge is 0.393 e. The molecule has 0 unspecified atom stereocenters. The van der Waals surface area contributed by atoms with Crippen molar-refractivity contribution in [1.82, 2.24) is 10.2 Å². The van der Waals surface area contributed by atoms with E-state index >= 15 is 0 Å². The van der Waals surface area contributed by atoms with Gasteiger partial charge in [0.2, 0.25) is 5.91 Å². The summed E-state index contributed by atoms with van der Waals surface area (Å²) >= 11 is 0. The van der Waals surface area contributed by atoms with Gasteiger partial charge in [0.05, 0.1) is 12.6 Å². The first-order chi connectivity index (χ1) is 12.2. The minimum absolute atomic E-state index is 0.132. The number of hydrogen-bond acceptors (Lipinski definition) is 3. The molecule has 2 aliphatic rings. The molecule has 1 saturated heterocycles. The quantitative estimate of drug-likeness (QED) is 0.834. The number of likely N-dealkylation sites (tertiary alicyclic amines) is 1. The van der Waals surface area contributed by atoms with E-state index in [4.69, 9.17) is 0 Å². The molecule has 2 fully saturated rings. The minimum Gasteiger partial charge on any atom is -0.393 e. The van der Waals surface area contributed by atoms with Gasteiger partial charge in [0.25, 0.3) is 0 Å². The average Bonchev–Trinajstić information content (AvgIpc) is 2.55. The number of nitrogens with one attached hydrogen (secondary N) is 1. The molecule has 0 radical (unpaired) electrons. The van der Waals surface area contributed by atoms with Gasteiger partial charge in [0.15, 0.2) is 0 Å². The highest BCUT2D eigenvalue weighted by Crippen LogP contribution is 2.31. The first-order valence-electron chi connectivity index (χ1n) is 9.94. The van der Waals surface area contributed by atoms with E-state index in [9.17, 15) is 9.90 Å². The molecular formula is C21H32N2O2. The predicted molar refractivity (Wildman–Crippen MR) is 100 cm³/mol. The highest BCUT2D eigenvalue weighted by Gasteiger charge is 2.34. The molecule has 1 saturated carbocycles. The Morgan fingerprint density at radius 1 is 1.08 bits per heavy atom. The molecule has 25 heavy (non-hydrogen) atoms. The summed E-state index contributed by atoms with van der Waals surface area (Å²) in [6.07, 6.45) is 8.60. The van der Waals surface area contributed by atoms with Crippen LogP contribution in [-0.4, -0.2) is 47.7 Å². The van der Waals surface area contributed by atoms with Crippen LogP contribution in [0.4, 0.5) is 0 Å². The maximum Gasteiger partial charge on any atom is 0.234 e. The molecule has 0 aromatic heterocycles. The molecule has 4 nitrogen and oxygen atoms in total. The van der Waals surface area contributed by atoms with Gasteiger partial charge in [-0.15, -0.1) is 0 Å². The summed E-state index contributed by atoms with van der Waals surface area (Å²) in [5.74, 6) is 0.536. The average molecular weight is 344 g/mol. The van der Waals surface area contributed by atoms with Gasteiger partial charge in [-0.25, -0.2) is 0 Å². The standard InChI is InChI=1S/C21H32N2O2/c24-19-14-18(15-19)20(13-17-9-5-4-6-10-17)22-21(25)16-23-11-7-2-1-3-8-12-23/h4-6,9-10,18-20,24H,1-3,7-8,11-16H2,(H,22,25)/t18?,19?,20-/m1/s1. The number of hydrogen-bond donors (Lipinski definition) is 2. The van der Waals surface area contributed by atoms with E-state index in [0.717, 1.165) is 32.4 Å². The van der Waals surface area contributed by atoms with Crippen molar-refractivity contribution in [3.63, 3.8) is 0 Å². The van der Waals surface area contributed by atoms with Gasteiger partial charge in [-0.2, -0.15) is 0 Å². The van der Waals surface area contributed by atoms with Crippen LogP contribution < -0.4 is 5.32 Å². The molecule has 0 spiro atoms. The Labute approximate surface area is 151 Å². The topological polar surface area (TPSA) is 52.6 Å². The van der Waals surface area contributed by atoms with Gasteiger partial charge >= 0.3 is 0 Å². The number of benzene rings is 1. The fraction of sp³-hybridized carbons (Fsp3) is 0.667. The second-order valence-electron chi connectivity index (χ2n) is 7.79.